The molecule has 0 aliphatic rings. The van der Waals surface area contributed by atoms with Crippen LogP contribution in [-0.4, -0.2) is 4.98 Å². The van der Waals surface area contributed by atoms with E-state index in [-0.39, 0.29) is 0 Å². The van der Waals surface area contributed by atoms with E-state index in [4.69, 9.17) is 17.3 Å². The molecule has 2 aromatic rings. The number of thiophene rings is 1. The van der Waals surface area contributed by atoms with Crippen LogP contribution < -0.4 is 5.73 Å². The van der Waals surface area contributed by atoms with Gasteiger partial charge in [0.2, 0.25) is 0 Å². The molecule has 74 valence electrons. The molecule has 0 fully saturated rings. The Morgan fingerprint density at radius 1 is 1.57 bits per heavy atom. The summed E-state index contributed by atoms with van der Waals surface area (Å²) >= 11 is 12.4. The smallest absolute Gasteiger partial charge is 0.133 e. The molecule has 0 unspecified atom stereocenters. The molecule has 2 nitrogen and oxygen atoms in total. The maximum atomic E-state index is 5.94. The SMILES string of the molecule is NCc1csc(-c2cc(Br)c(Cl)s2)n1. The minimum atomic E-state index is 0.483. The van der Waals surface area contributed by atoms with Gasteiger partial charge in [-0.1, -0.05) is 11.6 Å². The fourth-order valence-corrected chi connectivity index (χ4v) is 3.56. The van der Waals surface area contributed by atoms with Crippen LogP contribution in [0, 0.1) is 0 Å². The van der Waals surface area contributed by atoms with Crippen molar-refractivity contribution in [3.05, 3.63) is 25.9 Å². The maximum Gasteiger partial charge on any atom is 0.133 e. The highest BCUT2D eigenvalue weighted by atomic mass is 79.9. The van der Waals surface area contributed by atoms with Crippen molar-refractivity contribution in [1.29, 1.82) is 0 Å². The third kappa shape index (κ3) is 2.01. The Morgan fingerprint density at radius 2 is 2.36 bits per heavy atom. The van der Waals surface area contributed by atoms with Crippen LogP contribution in [0.2, 0.25) is 4.34 Å². The molecule has 0 aromatic carbocycles. The van der Waals surface area contributed by atoms with Crippen molar-refractivity contribution in [3.8, 4) is 9.88 Å². The van der Waals surface area contributed by atoms with E-state index >= 15 is 0 Å². The number of nitrogens with two attached hydrogens (primary N) is 1. The molecule has 0 aliphatic carbocycles. The van der Waals surface area contributed by atoms with Gasteiger partial charge >= 0.3 is 0 Å². The van der Waals surface area contributed by atoms with Crippen molar-refractivity contribution in [3.63, 3.8) is 0 Å². The van der Waals surface area contributed by atoms with Crippen LogP contribution in [0.3, 0.4) is 0 Å². The van der Waals surface area contributed by atoms with Crippen LogP contribution in [-0.2, 0) is 6.54 Å². The van der Waals surface area contributed by atoms with Gasteiger partial charge in [0.05, 0.1) is 10.6 Å². The van der Waals surface area contributed by atoms with Crippen LogP contribution in [0.1, 0.15) is 5.69 Å². The van der Waals surface area contributed by atoms with Crippen molar-refractivity contribution >= 4 is 50.2 Å². The summed E-state index contributed by atoms with van der Waals surface area (Å²) in [4.78, 5) is 5.45. The van der Waals surface area contributed by atoms with Crippen molar-refractivity contribution in [2.45, 2.75) is 6.54 Å². The predicted octanol–water partition coefficient (Wildman–Crippen LogP) is 3.75. The van der Waals surface area contributed by atoms with E-state index in [1.807, 2.05) is 11.4 Å². The zero-order valence-electron chi connectivity index (χ0n) is 6.96. The van der Waals surface area contributed by atoms with Gasteiger partial charge in [0.15, 0.2) is 0 Å². The van der Waals surface area contributed by atoms with Gasteiger partial charge in [-0.05, 0) is 22.0 Å². The van der Waals surface area contributed by atoms with E-state index in [1.165, 1.54) is 11.3 Å². The van der Waals surface area contributed by atoms with Gasteiger partial charge in [0, 0.05) is 16.4 Å². The van der Waals surface area contributed by atoms with Gasteiger partial charge in [-0.2, -0.15) is 0 Å². The van der Waals surface area contributed by atoms with E-state index in [9.17, 15) is 0 Å². The monoisotopic (exact) mass is 308 g/mol. The standard InChI is InChI=1S/C8H6BrClN2S2/c9-5-1-6(14-7(5)10)8-12-4(2-11)3-13-8/h1,3H,2,11H2. The number of aromatic nitrogens is 1. The van der Waals surface area contributed by atoms with Gasteiger partial charge in [-0.15, -0.1) is 22.7 Å². The summed E-state index contributed by atoms with van der Waals surface area (Å²) < 4.78 is 1.67. The first kappa shape index (κ1) is 10.6. The largest absolute Gasteiger partial charge is 0.325 e. The average molecular weight is 310 g/mol. The van der Waals surface area contributed by atoms with Crippen LogP contribution in [0.15, 0.2) is 15.9 Å². The first-order valence-corrected chi connectivity index (χ1v) is 6.67. The Kier molecular flexibility index (Phi) is 3.23. The quantitative estimate of drug-likeness (QED) is 0.917. The molecule has 6 heteroatoms. The normalized spacial score (nSPS) is 10.8. The van der Waals surface area contributed by atoms with Crippen LogP contribution in [0.4, 0.5) is 0 Å². The van der Waals surface area contributed by atoms with Crippen LogP contribution in [0.25, 0.3) is 9.88 Å². The number of thiazole rings is 1. The number of hydrogen-bond acceptors (Lipinski definition) is 4. The molecule has 14 heavy (non-hydrogen) atoms. The Balaban J connectivity index is 2.39. The summed E-state index contributed by atoms with van der Waals surface area (Å²) in [7, 11) is 0. The average Bonchev–Trinajstić information content (AvgIpc) is 2.74. The first-order valence-electron chi connectivity index (χ1n) is 3.80. The van der Waals surface area contributed by atoms with Crippen molar-refractivity contribution in [2.24, 2.45) is 5.73 Å². The molecule has 0 spiro atoms. The topological polar surface area (TPSA) is 38.9 Å². The van der Waals surface area contributed by atoms with Gasteiger partial charge in [0.1, 0.15) is 9.34 Å². The predicted molar refractivity (Wildman–Crippen MR) is 66.0 cm³/mol. The summed E-state index contributed by atoms with van der Waals surface area (Å²) in [6, 6.07) is 1.98. The highest BCUT2D eigenvalue weighted by molar-refractivity contribution is 9.10. The van der Waals surface area contributed by atoms with Gasteiger partial charge < -0.3 is 5.73 Å². The highest BCUT2D eigenvalue weighted by Gasteiger charge is 2.09. The lowest BCUT2D eigenvalue weighted by Crippen LogP contribution is -1.95. The zero-order valence-corrected chi connectivity index (χ0v) is 10.9. The first-order chi connectivity index (χ1) is 6.70. The lowest BCUT2D eigenvalue weighted by atomic mass is 10.4. The zero-order chi connectivity index (χ0) is 10.1. The Morgan fingerprint density at radius 3 is 2.86 bits per heavy atom. The molecule has 2 heterocycles. The molecule has 0 atom stereocenters. The van der Waals surface area contributed by atoms with Crippen LogP contribution >= 0.6 is 50.2 Å². The summed E-state index contributed by atoms with van der Waals surface area (Å²) in [5.74, 6) is 0. The molecule has 0 saturated heterocycles. The summed E-state index contributed by atoms with van der Waals surface area (Å²) in [5.41, 5.74) is 6.41. The third-order valence-corrected chi connectivity index (χ3v) is 5.15. The summed E-state index contributed by atoms with van der Waals surface area (Å²) in [6.07, 6.45) is 0. The Hall–Kier alpha value is 0.0600. The van der Waals surface area contributed by atoms with Gasteiger partial charge in [-0.3, -0.25) is 0 Å². The van der Waals surface area contributed by atoms with Crippen molar-refractivity contribution in [1.82, 2.24) is 4.98 Å². The molecule has 0 amide bonds. The molecule has 2 N–H and O–H groups in total. The van der Waals surface area contributed by atoms with Crippen molar-refractivity contribution < 1.29 is 0 Å². The fourth-order valence-electron chi connectivity index (χ4n) is 0.966. The second-order valence-electron chi connectivity index (χ2n) is 2.58. The van der Waals surface area contributed by atoms with E-state index in [1.54, 1.807) is 11.3 Å². The van der Waals surface area contributed by atoms with Crippen molar-refractivity contribution in [2.75, 3.05) is 0 Å². The second-order valence-corrected chi connectivity index (χ2v) is 5.95. The summed E-state index contributed by atoms with van der Waals surface area (Å²) in [5, 5.41) is 2.94. The van der Waals surface area contributed by atoms with E-state index in [2.05, 4.69) is 20.9 Å². The molecule has 2 aromatic heterocycles. The molecular formula is C8H6BrClN2S2. The minimum absolute atomic E-state index is 0.483. The fraction of sp³-hybridized carbons (Fsp3) is 0.125. The minimum Gasteiger partial charge on any atom is -0.325 e. The molecule has 0 aliphatic heterocycles. The van der Waals surface area contributed by atoms with Gasteiger partial charge in [0.25, 0.3) is 0 Å². The number of nitrogens with zero attached hydrogens (tertiary/aromatic N) is 1. The number of rotatable bonds is 2. The van der Waals surface area contributed by atoms with Gasteiger partial charge in [-0.25, -0.2) is 4.98 Å². The second kappa shape index (κ2) is 4.28. The van der Waals surface area contributed by atoms with E-state index in [0.29, 0.717) is 6.54 Å². The Bertz CT molecular complexity index is 432. The maximum absolute atomic E-state index is 5.94. The third-order valence-electron chi connectivity index (χ3n) is 1.62. The molecule has 0 saturated carbocycles. The summed E-state index contributed by atoms with van der Waals surface area (Å²) in [6.45, 7) is 0.483. The molecular weight excluding hydrogens is 304 g/mol. The van der Waals surface area contributed by atoms with E-state index in [0.717, 1.165) is 24.4 Å². The molecule has 2 rings (SSSR count). The lowest BCUT2D eigenvalue weighted by Gasteiger charge is -1.86. The Labute approximate surface area is 103 Å². The lowest BCUT2D eigenvalue weighted by molar-refractivity contribution is 1.01. The highest BCUT2D eigenvalue weighted by Crippen LogP contribution is 2.38. The molecule has 0 bridgehead atoms. The number of halogens is 2. The number of hydrogen-bond donors (Lipinski definition) is 1. The molecule has 0 radical (unpaired) electrons. The van der Waals surface area contributed by atoms with E-state index < -0.39 is 0 Å². The van der Waals surface area contributed by atoms with Crippen LogP contribution in [0.5, 0.6) is 0 Å².